The van der Waals surface area contributed by atoms with Gasteiger partial charge in [-0.15, -0.1) is 0 Å². The highest BCUT2D eigenvalue weighted by Gasteiger charge is 2.27. The van der Waals surface area contributed by atoms with Gasteiger partial charge in [0.05, 0.1) is 0 Å². The van der Waals surface area contributed by atoms with Gasteiger partial charge in [-0.3, -0.25) is 0 Å². The van der Waals surface area contributed by atoms with E-state index in [0.717, 1.165) is 22.8 Å². The van der Waals surface area contributed by atoms with Crippen molar-refractivity contribution in [1.82, 2.24) is 0 Å². The molecule has 2 aromatic carbocycles. The molecular formula is C16H20FN. The summed E-state index contributed by atoms with van der Waals surface area (Å²) < 4.78 is 14.6. The van der Waals surface area contributed by atoms with Gasteiger partial charge in [0, 0.05) is 13.0 Å². The van der Waals surface area contributed by atoms with Crippen LogP contribution in [0.15, 0.2) is 42.5 Å². The Bertz CT molecular complexity index is 518. The van der Waals surface area contributed by atoms with Crippen LogP contribution in [0.25, 0.3) is 10.8 Å². The third-order valence-electron chi connectivity index (χ3n) is 3.45. The van der Waals surface area contributed by atoms with E-state index in [1.807, 2.05) is 37.3 Å². The first-order valence-corrected chi connectivity index (χ1v) is 6.54. The molecule has 0 amide bonds. The number of benzene rings is 2. The summed E-state index contributed by atoms with van der Waals surface area (Å²) in [6, 6.07) is 14.1. The molecule has 0 fully saturated rings. The quantitative estimate of drug-likeness (QED) is 0.850. The van der Waals surface area contributed by atoms with Crippen LogP contribution >= 0.6 is 0 Å². The standard InChI is InChI=1S/C16H20FN/c1-2-10-16(17,12-18)11-14-8-5-7-13-6-3-4-9-15(13)14/h3-9H,2,10-12,18H2,1H3. The summed E-state index contributed by atoms with van der Waals surface area (Å²) in [7, 11) is 0. The summed E-state index contributed by atoms with van der Waals surface area (Å²) in [4.78, 5) is 0. The monoisotopic (exact) mass is 245 g/mol. The molecule has 1 atom stereocenters. The number of hydrogen-bond acceptors (Lipinski definition) is 1. The number of fused-ring (bicyclic) bond motifs is 1. The molecular weight excluding hydrogens is 225 g/mol. The highest BCUT2D eigenvalue weighted by atomic mass is 19.1. The lowest BCUT2D eigenvalue weighted by atomic mass is 9.89. The van der Waals surface area contributed by atoms with Gasteiger partial charge in [-0.05, 0) is 22.8 Å². The second-order valence-corrected chi connectivity index (χ2v) is 4.92. The van der Waals surface area contributed by atoms with E-state index in [9.17, 15) is 4.39 Å². The summed E-state index contributed by atoms with van der Waals surface area (Å²) in [6.45, 7) is 2.08. The van der Waals surface area contributed by atoms with E-state index in [2.05, 4.69) is 12.1 Å². The maximum atomic E-state index is 14.6. The zero-order chi connectivity index (χ0) is 13.0. The molecule has 18 heavy (non-hydrogen) atoms. The van der Waals surface area contributed by atoms with E-state index in [1.54, 1.807) is 0 Å². The lowest BCUT2D eigenvalue weighted by Crippen LogP contribution is -2.35. The molecule has 0 saturated carbocycles. The number of rotatable bonds is 5. The predicted molar refractivity (Wildman–Crippen MR) is 75.5 cm³/mol. The van der Waals surface area contributed by atoms with Gasteiger partial charge in [0.25, 0.3) is 0 Å². The highest BCUT2D eigenvalue weighted by Crippen LogP contribution is 2.27. The average molecular weight is 245 g/mol. The van der Waals surface area contributed by atoms with Crippen molar-refractivity contribution in [2.75, 3.05) is 6.54 Å². The van der Waals surface area contributed by atoms with Crippen LogP contribution in [0.2, 0.25) is 0 Å². The number of alkyl halides is 1. The van der Waals surface area contributed by atoms with E-state index in [0.29, 0.717) is 12.8 Å². The fraction of sp³-hybridized carbons (Fsp3) is 0.375. The van der Waals surface area contributed by atoms with E-state index < -0.39 is 5.67 Å². The lowest BCUT2D eigenvalue weighted by Gasteiger charge is -2.23. The minimum absolute atomic E-state index is 0.0874. The van der Waals surface area contributed by atoms with Crippen LogP contribution in [-0.4, -0.2) is 12.2 Å². The Morgan fingerprint density at radius 1 is 1.11 bits per heavy atom. The molecule has 0 spiro atoms. The molecule has 2 heteroatoms. The Morgan fingerprint density at radius 2 is 1.83 bits per heavy atom. The topological polar surface area (TPSA) is 26.0 Å². The van der Waals surface area contributed by atoms with E-state index >= 15 is 0 Å². The van der Waals surface area contributed by atoms with Crippen LogP contribution in [0, 0.1) is 0 Å². The molecule has 96 valence electrons. The van der Waals surface area contributed by atoms with E-state index in [-0.39, 0.29) is 6.54 Å². The van der Waals surface area contributed by atoms with E-state index in [1.165, 1.54) is 0 Å². The fourth-order valence-corrected chi connectivity index (χ4v) is 2.50. The minimum atomic E-state index is -1.28. The molecule has 0 radical (unpaired) electrons. The van der Waals surface area contributed by atoms with Crippen LogP contribution in [0.1, 0.15) is 25.3 Å². The zero-order valence-corrected chi connectivity index (χ0v) is 10.8. The Morgan fingerprint density at radius 3 is 2.56 bits per heavy atom. The first-order valence-electron chi connectivity index (χ1n) is 6.54. The van der Waals surface area contributed by atoms with Gasteiger partial charge in [0.1, 0.15) is 5.67 Å². The fourth-order valence-electron chi connectivity index (χ4n) is 2.50. The first kappa shape index (κ1) is 13.0. The Kier molecular flexibility index (Phi) is 3.97. The Hall–Kier alpha value is -1.41. The van der Waals surface area contributed by atoms with Gasteiger partial charge in [-0.1, -0.05) is 55.8 Å². The second kappa shape index (κ2) is 5.49. The van der Waals surface area contributed by atoms with Crippen molar-refractivity contribution in [2.24, 2.45) is 5.73 Å². The lowest BCUT2D eigenvalue weighted by molar-refractivity contribution is 0.159. The summed E-state index contributed by atoms with van der Waals surface area (Å²) in [5.41, 5.74) is 5.38. The normalized spacial score (nSPS) is 14.6. The molecule has 0 aliphatic carbocycles. The molecule has 1 nitrogen and oxygen atoms in total. The van der Waals surface area contributed by atoms with Crippen molar-refractivity contribution in [3.63, 3.8) is 0 Å². The minimum Gasteiger partial charge on any atom is -0.328 e. The molecule has 0 heterocycles. The first-order chi connectivity index (χ1) is 8.68. The van der Waals surface area contributed by atoms with Crippen molar-refractivity contribution < 1.29 is 4.39 Å². The maximum absolute atomic E-state index is 14.6. The second-order valence-electron chi connectivity index (χ2n) is 4.92. The largest absolute Gasteiger partial charge is 0.328 e. The summed E-state index contributed by atoms with van der Waals surface area (Å²) >= 11 is 0. The van der Waals surface area contributed by atoms with Gasteiger partial charge in [-0.2, -0.15) is 0 Å². The highest BCUT2D eigenvalue weighted by molar-refractivity contribution is 5.85. The number of nitrogens with two attached hydrogens (primary N) is 1. The molecule has 0 aromatic heterocycles. The average Bonchev–Trinajstić information content (AvgIpc) is 2.39. The summed E-state index contributed by atoms with van der Waals surface area (Å²) in [5.74, 6) is 0. The summed E-state index contributed by atoms with van der Waals surface area (Å²) in [5, 5.41) is 2.29. The van der Waals surface area contributed by atoms with Crippen molar-refractivity contribution in [1.29, 1.82) is 0 Å². The van der Waals surface area contributed by atoms with Crippen LogP contribution in [0.4, 0.5) is 4.39 Å². The van der Waals surface area contributed by atoms with Crippen LogP contribution < -0.4 is 5.73 Å². The van der Waals surface area contributed by atoms with Crippen molar-refractivity contribution in [3.8, 4) is 0 Å². The van der Waals surface area contributed by atoms with Crippen LogP contribution in [0.3, 0.4) is 0 Å². The van der Waals surface area contributed by atoms with Crippen molar-refractivity contribution >= 4 is 10.8 Å². The summed E-state index contributed by atoms with van der Waals surface area (Å²) in [6.07, 6.45) is 1.74. The third-order valence-corrected chi connectivity index (χ3v) is 3.45. The third kappa shape index (κ3) is 2.70. The molecule has 0 aliphatic rings. The van der Waals surface area contributed by atoms with E-state index in [4.69, 9.17) is 5.73 Å². The number of halogens is 1. The molecule has 1 unspecified atom stereocenters. The molecule has 2 aromatic rings. The van der Waals surface area contributed by atoms with Gasteiger partial charge in [0.15, 0.2) is 0 Å². The Labute approximate surface area is 108 Å². The smallest absolute Gasteiger partial charge is 0.127 e. The van der Waals surface area contributed by atoms with Gasteiger partial charge < -0.3 is 5.73 Å². The maximum Gasteiger partial charge on any atom is 0.127 e. The van der Waals surface area contributed by atoms with Gasteiger partial charge in [-0.25, -0.2) is 4.39 Å². The molecule has 2 N–H and O–H groups in total. The predicted octanol–water partition coefficient (Wildman–Crippen LogP) is 3.85. The molecule has 0 aliphatic heterocycles. The molecule has 0 saturated heterocycles. The van der Waals surface area contributed by atoms with Crippen molar-refractivity contribution in [3.05, 3.63) is 48.0 Å². The molecule has 0 bridgehead atoms. The SMILES string of the molecule is CCCC(F)(CN)Cc1cccc2ccccc12. The van der Waals surface area contributed by atoms with Gasteiger partial charge >= 0.3 is 0 Å². The Balaban J connectivity index is 2.36. The molecule has 2 rings (SSSR count). The van der Waals surface area contributed by atoms with Crippen LogP contribution in [-0.2, 0) is 6.42 Å². The van der Waals surface area contributed by atoms with Crippen LogP contribution in [0.5, 0.6) is 0 Å². The van der Waals surface area contributed by atoms with Crippen molar-refractivity contribution in [2.45, 2.75) is 31.9 Å². The number of hydrogen-bond donors (Lipinski definition) is 1. The zero-order valence-electron chi connectivity index (χ0n) is 10.8. The van der Waals surface area contributed by atoms with Gasteiger partial charge in [0.2, 0.25) is 0 Å².